The molecule has 3 fully saturated rings. The number of benzene rings is 1. The highest BCUT2D eigenvalue weighted by molar-refractivity contribution is 5.91. The van der Waals surface area contributed by atoms with Crippen molar-refractivity contribution < 1.29 is 18.8 Å². The minimum absolute atomic E-state index is 0.358. The third-order valence-electron chi connectivity index (χ3n) is 6.62. The lowest BCUT2D eigenvalue weighted by Crippen LogP contribution is -2.51. The Morgan fingerprint density at radius 2 is 2.00 bits per heavy atom. The zero-order chi connectivity index (χ0) is 18.4. The molecular weight excluding hydrogens is 348 g/mol. The van der Waals surface area contributed by atoms with Gasteiger partial charge < -0.3 is 19.3 Å². The lowest BCUT2D eigenvalue weighted by atomic mass is 9.91. The Bertz CT molecular complexity index is 999. The number of carbonyl (C=O) groups is 1. The van der Waals surface area contributed by atoms with E-state index >= 15 is 0 Å². The monoisotopic (exact) mass is 364 g/mol. The van der Waals surface area contributed by atoms with Gasteiger partial charge in [-0.15, -0.1) is 0 Å². The van der Waals surface area contributed by atoms with Crippen LogP contribution in [0.25, 0.3) is 0 Å². The van der Waals surface area contributed by atoms with Crippen molar-refractivity contribution in [2.75, 3.05) is 18.0 Å². The van der Waals surface area contributed by atoms with Gasteiger partial charge >= 0.3 is 11.9 Å². The van der Waals surface area contributed by atoms with Gasteiger partial charge in [-0.05, 0) is 29.8 Å². The molecule has 27 heavy (non-hydrogen) atoms. The summed E-state index contributed by atoms with van der Waals surface area (Å²) in [6, 6.07) is 9.81. The Morgan fingerprint density at radius 3 is 2.67 bits per heavy atom. The second kappa shape index (κ2) is 4.61. The topological polar surface area (TPSA) is 101 Å². The molecule has 3 aliphatic heterocycles. The van der Waals surface area contributed by atoms with Crippen LogP contribution >= 0.6 is 0 Å². The number of nitrogens with one attached hydrogen (secondary N) is 1. The summed E-state index contributed by atoms with van der Waals surface area (Å²) in [7, 11) is 0. The van der Waals surface area contributed by atoms with Crippen LogP contribution in [-0.2, 0) is 15.9 Å². The van der Waals surface area contributed by atoms with Gasteiger partial charge in [0, 0.05) is 30.6 Å². The average Bonchev–Trinajstić information content (AvgIpc) is 3.06. The summed E-state index contributed by atoms with van der Waals surface area (Å²) in [6.45, 7) is 3.63. The quantitative estimate of drug-likeness (QED) is 0.868. The van der Waals surface area contributed by atoms with Crippen molar-refractivity contribution in [2.45, 2.75) is 24.2 Å². The third kappa shape index (κ3) is 1.58. The maximum Gasteiger partial charge on any atom is 0.418 e. The van der Waals surface area contributed by atoms with Crippen molar-refractivity contribution in [3.8, 4) is 11.9 Å². The average molecular weight is 364 g/mol. The van der Waals surface area contributed by atoms with Gasteiger partial charge in [-0.2, -0.15) is 5.26 Å². The van der Waals surface area contributed by atoms with Gasteiger partial charge in [0.15, 0.2) is 0 Å². The molecule has 1 amide bonds. The first-order valence-electron chi connectivity index (χ1n) is 9.00. The van der Waals surface area contributed by atoms with E-state index in [9.17, 15) is 10.1 Å². The molecule has 4 aliphatic rings. The molecule has 8 heteroatoms. The van der Waals surface area contributed by atoms with E-state index < -0.39 is 17.3 Å². The minimum atomic E-state index is -1.17. The van der Waals surface area contributed by atoms with E-state index in [0.717, 1.165) is 18.7 Å². The summed E-state index contributed by atoms with van der Waals surface area (Å²) < 4.78 is 16.1. The molecule has 1 spiro atoms. The Morgan fingerprint density at radius 1 is 1.26 bits per heavy atom. The van der Waals surface area contributed by atoms with Crippen LogP contribution in [0.2, 0.25) is 0 Å². The summed E-state index contributed by atoms with van der Waals surface area (Å²) >= 11 is 0. The van der Waals surface area contributed by atoms with Gasteiger partial charge in [-0.25, -0.2) is 4.79 Å². The number of nitriles is 1. The molecule has 5 atom stereocenters. The number of amides is 1. The van der Waals surface area contributed by atoms with Crippen LogP contribution in [0.15, 0.2) is 35.1 Å². The van der Waals surface area contributed by atoms with Gasteiger partial charge in [-0.3, -0.25) is 4.90 Å². The number of rotatable bonds is 2. The third-order valence-corrected chi connectivity index (χ3v) is 6.62. The molecule has 6 rings (SSSR count). The van der Waals surface area contributed by atoms with Gasteiger partial charge in [0.2, 0.25) is 0 Å². The normalized spacial score (nSPS) is 37.9. The molecule has 0 bridgehead atoms. The fraction of sp³-hybridized carbons (Fsp3) is 0.421. The Balaban J connectivity index is 1.31. The molecule has 2 unspecified atom stereocenters. The highest BCUT2D eigenvalue weighted by atomic mass is 16.8. The summed E-state index contributed by atoms with van der Waals surface area (Å²) in [5, 5.41) is 16.8. The number of hydrogen-bond donors (Lipinski definition) is 1. The largest absolute Gasteiger partial charge is 0.425 e. The first kappa shape index (κ1) is 15.1. The van der Waals surface area contributed by atoms with E-state index in [1.54, 1.807) is 4.90 Å². The van der Waals surface area contributed by atoms with Crippen molar-refractivity contribution in [3.63, 3.8) is 0 Å². The number of nitrogens with zero attached hydrogens (tertiary/aromatic N) is 3. The molecule has 1 aliphatic carbocycles. The van der Waals surface area contributed by atoms with E-state index in [0.29, 0.717) is 29.0 Å². The second-order valence-electron chi connectivity index (χ2n) is 7.62. The summed E-state index contributed by atoms with van der Waals surface area (Å²) in [5.41, 5.74) is 1.97. The van der Waals surface area contributed by atoms with Crippen LogP contribution in [0, 0.1) is 23.2 Å². The van der Waals surface area contributed by atoms with E-state index in [4.69, 9.17) is 14.0 Å². The van der Waals surface area contributed by atoms with E-state index in [-0.39, 0.29) is 6.04 Å². The van der Waals surface area contributed by atoms with Crippen molar-refractivity contribution in [3.05, 3.63) is 41.7 Å². The van der Waals surface area contributed by atoms with E-state index in [1.807, 2.05) is 31.2 Å². The number of fused-ring (bicyclic) bond motifs is 3. The number of carbonyl (C=O) groups excluding carboxylic acids is 1. The highest BCUT2D eigenvalue weighted by Gasteiger charge is 2.68. The highest BCUT2D eigenvalue weighted by Crippen LogP contribution is 2.61. The fourth-order valence-corrected chi connectivity index (χ4v) is 5.09. The number of hydrogen-bond acceptors (Lipinski definition) is 7. The molecule has 1 aromatic heterocycles. The fourth-order valence-electron chi connectivity index (χ4n) is 5.09. The van der Waals surface area contributed by atoms with Gasteiger partial charge in [0.25, 0.3) is 5.88 Å². The van der Waals surface area contributed by atoms with Crippen molar-refractivity contribution in [2.24, 2.45) is 11.8 Å². The number of ether oxygens (including phenoxy) is 2. The standard InChI is InChI=1S/C19H16N4O4/c1-10-19(15-8-25-22-16(15)26-19)27-17(24)23(10)12-4-2-11(3-5-12)18(9-20)13-6-21-7-14(13)18/h2-5,8,10,13-14,21H,6-7H2,1H3/t10?,13-,14+,18?,19-/m0/s1. The predicted molar refractivity (Wildman–Crippen MR) is 90.8 cm³/mol. The molecule has 0 radical (unpaired) electrons. The summed E-state index contributed by atoms with van der Waals surface area (Å²) in [4.78, 5) is 14.1. The van der Waals surface area contributed by atoms with Gasteiger partial charge in [0.05, 0.1) is 11.5 Å². The second-order valence-corrected chi connectivity index (χ2v) is 7.62. The van der Waals surface area contributed by atoms with Crippen molar-refractivity contribution in [1.82, 2.24) is 10.5 Å². The lowest BCUT2D eigenvalue weighted by Gasteiger charge is -2.37. The summed E-state index contributed by atoms with van der Waals surface area (Å²) in [5.74, 6) is -0.0555. The molecule has 1 N–H and O–H groups in total. The van der Waals surface area contributed by atoms with Crippen LogP contribution in [0.3, 0.4) is 0 Å². The number of aromatic nitrogens is 1. The molecule has 2 saturated heterocycles. The lowest BCUT2D eigenvalue weighted by molar-refractivity contribution is -0.170. The first-order valence-corrected chi connectivity index (χ1v) is 9.00. The molecule has 4 heterocycles. The van der Waals surface area contributed by atoms with Crippen LogP contribution in [0.5, 0.6) is 5.88 Å². The zero-order valence-electron chi connectivity index (χ0n) is 14.5. The number of piperidine rings is 1. The van der Waals surface area contributed by atoms with Crippen molar-refractivity contribution in [1.29, 1.82) is 5.26 Å². The molecule has 136 valence electrons. The Labute approximate surface area is 154 Å². The van der Waals surface area contributed by atoms with E-state index in [1.165, 1.54) is 6.26 Å². The van der Waals surface area contributed by atoms with Crippen LogP contribution in [0.1, 0.15) is 18.1 Å². The molecule has 2 aromatic rings. The Kier molecular flexibility index (Phi) is 2.57. The van der Waals surface area contributed by atoms with Crippen LogP contribution in [0.4, 0.5) is 10.5 Å². The van der Waals surface area contributed by atoms with Crippen LogP contribution in [-0.4, -0.2) is 30.4 Å². The Hall–Kier alpha value is -3.05. The molecule has 8 nitrogen and oxygen atoms in total. The maximum absolute atomic E-state index is 12.5. The molecular formula is C19H16N4O4. The maximum atomic E-state index is 12.5. The SMILES string of the molecule is CC1N(c2ccc(C3(C#N)[C@@H]4CNC[C@@H]43)cc2)C(=O)O[C@@]12Oc1nocc12. The smallest absolute Gasteiger partial charge is 0.418 e. The molecule has 1 aromatic carbocycles. The van der Waals surface area contributed by atoms with Crippen molar-refractivity contribution >= 4 is 11.8 Å². The number of anilines is 1. The zero-order valence-corrected chi connectivity index (χ0v) is 14.5. The summed E-state index contributed by atoms with van der Waals surface area (Å²) in [6.07, 6.45) is 0.968. The van der Waals surface area contributed by atoms with Gasteiger partial charge in [0.1, 0.15) is 17.9 Å². The van der Waals surface area contributed by atoms with Gasteiger partial charge in [-0.1, -0.05) is 12.1 Å². The minimum Gasteiger partial charge on any atom is -0.425 e. The van der Waals surface area contributed by atoms with Crippen LogP contribution < -0.4 is 15.0 Å². The first-order chi connectivity index (χ1) is 13.1. The predicted octanol–water partition coefficient (Wildman–Crippen LogP) is 1.88. The van der Waals surface area contributed by atoms with E-state index in [2.05, 4.69) is 16.5 Å². The molecule has 1 saturated carbocycles.